The molecule has 0 aromatic heterocycles. The molecule has 0 aliphatic heterocycles. The Morgan fingerprint density at radius 3 is 2.03 bits per heavy atom. The summed E-state index contributed by atoms with van der Waals surface area (Å²) in [5.74, 6) is 0.465. The minimum absolute atomic E-state index is 0.138. The van der Waals surface area contributed by atoms with E-state index in [4.69, 9.17) is 0 Å². The standard InChI is InChI=1S/C30H34/c1-17-9-11-21-26-16-20(30(6,7)8)14-24-18(2)10-12-22(28(24)26)25-15-19(29(3,4)5)13-23(17)27(21)25/h9-11,13-16,22H,12H2,1-8H3. The fraction of sp³-hybridized carbons (Fsp3) is 0.400. The molecule has 1 atom stereocenters. The van der Waals surface area contributed by atoms with E-state index in [-0.39, 0.29) is 10.8 Å². The summed E-state index contributed by atoms with van der Waals surface area (Å²) < 4.78 is 0. The van der Waals surface area contributed by atoms with Crippen molar-refractivity contribution in [3.8, 4) is 11.1 Å². The molecule has 3 aromatic carbocycles. The van der Waals surface area contributed by atoms with Crippen molar-refractivity contribution in [2.75, 3.05) is 0 Å². The lowest BCUT2D eigenvalue weighted by molar-refractivity contribution is 0.587. The molecule has 0 bridgehead atoms. The topological polar surface area (TPSA) is 0 Å². The maximum Gasteiger partial charge on any atom is 0.0143 e. The van der Waals surface area contributed by atoms with Crippen molar-refractivity contribution in [1.82, 2.24) is 0 Å². The summed E-state index contributed by atoms with van der Waals surface area (Å²) in [6.45, 7) is 18.6. The highest BCUT2D eigenvalue weighted by molar-refractivity contribution is 6.05. The molecule has 3 aromatic rings. The van der Waals surface area contributed by atoms with Gasteiger partial charge in [0, 0.05) is 5.92 Å². The molecule has 0 nitrogen and oxygen atoms in total. The Kier molecular flexibility index (Phi) is 3.99. The third-order valence-corrected chi connectivity index (χ3v) is 7.37. The zero-order valence-corrected chi connectivity index (χ0v) is 19.8. The summed E-state index contributed by atoms with van der Waals surface area (Å²) in [5.41, 5.74) is 13.5. The largest absolute Gasteiger partial charge is 0.0800 e. The van der Waals surface area contributed by atoms with Gasteiger partial charge in [-0.3, -0.25) is 0 Å². The van der Waals surface area contributed by atoms with Gasteiger partial charge in [-0.15, -0.1) is 0 Å². The van der Waals surface area contributed by atoms with Crippen molar-refractivity contribution in [3.05, 3.63) is 75.9 Å². The molecule has 0 amide bonds. The molecule has 5 rings (SSSR count). The summed E-state index contributed by atoms with van der Waals surface area (Å²) in [6, 6.07) is 14.7. The molecule has 30 heavy (non-hydrogen) atoms. The third kappa shape index (κ3) is 2.73. The molecule has 0 spiro atoms. The van der Waals surface area contributed by atoms with Crippen LogP contribution in [0.3, 0.4) is 0 Å². The van der Waals surface area contributed by atoms with Gasteiger partial charge >= 0.3 is 0 Å². The second-order valence-electron chi connectivity index (χ2n) is 11.6. The van der Waals surface area contributed by atoms with Crippen LogP contribution < -0.4 is 0 Å². The van der Waals surface area contributed by atoms with E-state index in [2.05, 4.69) is 97.9 Å². The van der Waals surface area contributed by atoms with Crippen LogP contribution >= 0.6 is 0 Å². The molecule has 0 heteroatoms. The second-order valence-corrected chi connectivity index (χ2v) is 11.6. The van der Waals surface area contributed by atoms with Gasteiger partial charge in [0.25, 0.3) is 0 Å². The Labute approximate surface area is 182 Å². The monoisotopic (exact) mass is 394 g/mol. The molecule has 0 N–H and O–H groups in total. The Morgan fingerprint density at radius 1 is 0.733 bits per heavy atom. The van der Waals surface area contributed by atoms with E-state index >= 15 is 0 Å². The first kappa shape index (κ1) is 19.6. The van der Waals surface area contributed by atoms with Crippen LogP contribution in [0.2, 0.25) is 0 Å². The summed E-state index contributed by atoms with van der Waals surface area (Å²) in [4.78, 5) is 0. The van der Waals surface area contributed by atoms with Gasteiger partial charge in [0.2, 0.25) is 0 Å². The summed E-state index contributed by atoms with van der Waals surface area (Å²) in [6.07, 6.45) is 3.58. The van der Waals surface area contributed by atoms with Crippen LogP contribution in [0, 0.1) is 6.92 Å². The molecule has 2 aliphatic rings. The van der Waals surface area contributed by atoms with Gasteiger partial charge in [-0.2, -0.15) is 0 Å². The normalized spacial score (nSPS) is 17.7. The number of benzene rings is 3. The van der Waals surface area contributed by atoms with Crippen LogP contribution in [-0.4, -0.2) is 0 Å². The lowest BCUT2D eigenvalue weighted by Gasteiger charge is -2.36. The zero-order chi connectivity index (χ0) is 21.6. The molecule has 0 radical (unpaired) electrons. The maximum absolute atomic E-state index is 2.52. The molecule has 0 saturated carbocycles. The first-order valence-electron chi connectivity index (χ1n) is 11.4. The molecule has 0 heterocycles. The fourth-order valence-corrected chi connectivity index (χ4v) is 5.41. The van der Waals surface area contributed by atoms with E-state index in [9.17, 15) is 0 Å². The van der Waals surface area contributed by atoms with Crippen LogP contribution in [-0.2, 0) is 10.8 Å². The van der Waals surface area contributed by atoms with Gasteiger partial charge < -0.3 is 0 Å². The molecule has 0 fully saturated rings. The average molecular weight is 395 g/mol. The van der Waals surface area contributed by atoms with E-state index in [1.807, 2.05) is 0 Å². The van der Waals surface area contributed by atoms with Crippen LogP contribution in [0.15, 0.2) is 42.5 Å². The number of hydrogen-bond acceptors (Lipinski definition) is 0. The quantitative estimate of drug-likeness (QED) is 0.358. The molecule has 0 saturated heterocycles. The lowest BCUT2D eigenvalue weighted by Crippen LogP contribution is -2.19. The minimum Gasteiger partial charge on any atom is -0.0800 e. The number of allylic oxidation sites excluding steroid dienone is 2. The first-order chi connectivity index (χ1) is 14.0. The van der Waals surface area contributed by atoms with E-state index in [0.717, 1.165) is 6.42 Å². The highest BCUT2D eigenvalue weighted by Gasteiger charge is 2.34. The van der Waals surface area contributed by atoms with Gasteiger partial charge in [-0.1, -0.05) is 84.0 Å². The zero-order valence-electron chi connectivity index (χ0n) is 19.8. The van der Waals surface area contributed by atoms with Gasteiger partial charge in [0.05, 0.1) is 0 Å². The molecule has 1 unspecified atom stereocenters. The van der Waals surface area contributed by atoms with E-state index in [0.29, 0.717) is 5.92 Å². The van der Waals surface area contributed by atoms with E-state index < -0.39 is 0 Å². The van der Waals surface area contributed by atoms with Gasteiger partial charge in [-0.05, 0) is 92.0 Å². The average Bonchev–Trinajstić information content (AvgIpc) is 2.66. The molecular weight excluding hydrogens is 360 g/mol. The number of hydrogen-bond donors (Lipinski definition) is 0. The van der Waals surface area contributed by atoms with Crippen LogP contribution in [0.5, 0.6) is 0 Å². The van der Waals surface area contributed by atoms with E-state index in [1.54, 1.807) is 5.56 Å². The minimum atomic E-state index is 0.138. The molecule has 2 aliphatic carbocycles. The number of rotatable bonds is 0. The van der Waals surface area contributed by atoms with Crippen molar-refractivity contribution in [2.24, 2.45) is 0 Å². The Balaban J connectivity index is 1.95. The SMILES string of the molecule is CC1=CCC2c3c1cc(C(C)(C)C)cc3-c1ccc(C)c3cc(C(C)(C)C)cc2c13. The highest BCUT2D eigenvalue weighted by Crippen LogP contribution is 2.53. The maximum atomic E-state index is 2.52. The van der Waals surface area contributed by atoms with Crippen LogP contribution in [0.25, 0.3) is 27.5 Å². The van der Waals surface area contributed by atoms with Gasteiger partial charge in [-0.25, -0.2) is 0 Å². The first-order valence-corrected chi connectivity index (χ1v) is 11.4. The predicted octanol–water partition coefficient (Wildman–Crippen LogP) is 8.66. The Hall–Kier alpha value is -2.34. The van der Waals surface area contributed by atoms with Crippen molar-refractivity contribution in [2.45, 2.75) is 78.6 Å². The molecule has 154 valence electrons. The molecular formula is C30H34. The summed E-state index contributed by atoms with van der Waals surface area (Å²) >= 11 is 0. The van der Waals surface area contributed by atoms with E-state index in [1.165, 1.54) is 55.3 Å². The summed E-state index contributed by atoms with van der Waals surface area (Å²) in [5, 5.41) is 2.93. The number of aryl methyl sites for hydroxylation is 1. The van der Waals surface area contributed by atoms with Gasteiger partial charge in [0.1, 0.15) is 0 Å². The smallest absolute Gasteiger partial charge is 0.0143 e. The lowest BCUT2D eigenvalue weighted by atomic mass is 9.67. The third-order valence-electron chi connectivity index (χ3n) is 7.37. The fourth-order valence-electron chi connectivity index (χ4n) is 5.41. The Morgan fingerprint density at radius 2 is 1.37 bits per heavy atom. The van der Waals surface area contributed by atoms with Crippen LogP contribution in [0.1, 0.15) is 94.2 Å². The van der Waals surface area contributed by atoms with Crippen molar-refractivity contribution >= 4 is 16.3 Å². The second kappa shape index (κ2) is 6.10. The van der Waals surface area contributed by atoms with Crippen molar-refractivity contribution in [1.29, 1.82) is 0 Å². The Bertz CT molecular complexity index is 1240. The highest BCUT2D eigenvalue weighted by atomic mass is 14.4. The van der Waals surface area contributed by atoms with Crippen LogP contribution in [0.4, 0.5) is 0 Å². The number of fused-ring (bicyclic) bond motifs is 2. The summed E-state index contributed by atoms with van der Waals surface area (Å²) in [7, 11) is 0. The van der Waals surface area contributed by atoms with Crippen molar-refractivity contribution in [3.63, 3.8) is 0 Å². The van der Waals surface area contributed by atoms with Crippen molar-refractivity contribution < 1.29 is 0 Å². The predicted molar refractivity (Wildman–Crippen MR) is 132 cm³/mol. The van der Waals surface area contributed by atoms with Gasteiger partial charge in [0.15, 0.2) is 0 Å².